The molecule has 1 aromatic carbocycles. The predicted molar refractivity (Wildman–Crippen MR) is 66.6 cm³/mol. The molecule has 17 heavy (non-hydrogen) atoms. The molecule has 0 saturated heterocycles. The molecule has 90 valence electrons. The van der Waals surface area contributed by atoms with Crippen molar-refractivity contribution in [3.8, 4) is 0 Å². The first-order valence-electron chi connectivity index (χ1n) is 5.43. The topological polar surface area (TPSA) is 54.4 Å². The lowest BCUT2D eigenvalue weighted by Crippen LogP contribution is -2.00. The van der Waals surface area contributed by atoms with Gasteiger partial charge in [-0.15, -0.1) is 0 Å². The van der Waals surface area contributed by atoms with Gasteiger partial charge in [-0.3, -0.25) is 4.55 Å². The molecule has 1 unspecified atom stereocenters. The van der Waals surface area contributed by atoms with Crippen LogP contribution in [0, 0.1) is 5.92 Å². The molecule has 0 radical (unpaired) electrons. The molecule has 0 amide bonds. The van der Waals surface area contributed by atoms with Crippen LogP contribution >= 0.6 is 11.8 Å². The second-order valence-electron chi connectivity index (χ2n) is 4.53. The van der Waals surface area contributed by atoms with Gasteiger partial charge in [0, 0.05) is 4.90 Å². The van der Waals surface area contributed by atoms with Crippen LogP contribution < -0.4 is 0 Å². The SMILES string of the molecule is CC1=C2CC2Cc2cc(S(=O)(=O)O)ccc2S1. The highest BCUT2D eigenvalue weighted by Crippen LogP contribution is 2.51. The molecule has 1 saturated carbocycles. The van der Waals surface area contributed by atoms with Crippen molar-refractivity contribution < 1.29 is 13.0 Å². The van der Waals surface area contributed by atoms with Gasteiger partial charge in [0.2, 0.25) is 0 Å². The molecule has 0 aromatic heterocycles. The minimum absolute atomic E-state index is 0.00129. The fourth-order valence-electron chi connectivity index (χ4n) is 2.30. The normalized spacial score (nSPS) is 22.8. The zero-order valence-electron chi connectivity index (χ0n) is 9.30. The maximum Gasteiger partial charge on any atom is 0.294 e. The highest BCUT2D eigenvalue weighted by molar-refractivity contribution is 8.03. The lowest BCUT2D eigenvalue weighted by molar-refractivity contribution is 0.483. The van der Waals surface area contributed by atoms with Crippen LogP contribution in [0.25, 0.3) is 0 Å². The van der Waals surface area contributed by atoms with E-state index in [0.29, 0.717) is 5.92 Å². The Hall–Kier alpha value is -0.780. The van der Waals surface area contributed by atoms with Gasteiger partial charge in [0.05, 0.1) is 4.90 Å². The van der Waals surface area contributed by atoms with Crippen molar-refractivity contribution in [1.82, 2.24) is 0 Å². The van der Waals surface area contributed by atoms with E-state index in [1.165, 1.54) is 16.5 Å². The largest absolute Gasteiger partial charge is 0.294 e. The maximum atomic E-state index is 11.1. The molecule has 2 aliphatic rings. The van der Waals surface area contributed by atoms with Gasteiger partial charge in [-0.2, -0.15) is 8.42 Å². The third-order valence-corrected chi connectivity index (χ3v) is 5.35. The van der Waals surface area contributed by atoms with Gasteiger partial charge in [-0.1, -0.05) is 17.3 Å². The summed E-state index contributed by atoms with van der Waals surface area (Å²) in [6.45, 7) is 2.12. The van der Waals surface area contributed by atoms with E-state index in [1.54, 1.807) is 23.9 Å². The minimum atomic E-state index is -4.09. The van der Waals surface area contributed by atoms with E-state index in [0.717, 1.165) is 23.3 Å². The van der Waals surface area contributed by atoms with Crippen LogP contribution in [0.5, 0.6) is 0 Å². The van der Waals surface area contributed by atoms with E-state index in [2.05, 4.69) is 6.92 Å². The molecule has 1 fully saturated rings. The highest BCUT2D eigenvalue weighted by atomic mass is 32.2. The number of allylic oxidation sites excluding steroid dienone is 2. The number of benzene rings is 1. The van der Waals surface area contributed by atoms with Gasteiger partial charge in [-0.25, -0.2) is 0 Å². The van der Waals surface area contributed by atoms with Crippen molar-refractivity contribution in [2.45, 2.75) is 29.6 Å². The van der Waals surface area contributed by atoms with Crippen LogP contribution in [0.4, 0.5) is 0 Å². The summed E-state index contributed by atoms with van der Waals surface area (Å²) >= 11 is 1.70. The van der Waals surface area contributed by atoms with Crippen LogP contribution in [0.1, 0.15) is 18.9 Å². The maximum absolute atomic E-state index is 11.1. The monoisotopic (exact) mass is 268 g/mol. The first-order chi connectivity index (χ1) is 7.95. The molecule has 1 N–H and O–H groups in total. The number of thioether (sulfide) groups is 1. The van der Waals surface area contributed by atoms with Crippen molar-refractivity contribution in [2.75, 3.05) is 0 Å². The quantitative estimate of drug-likeness (QED) is 0.796. The molecule has 5 heteroatoms. The second kappa shape index (κ2) is 3.60. The van der Waals surface area contributed by atoms with E-state index in [4.69, 9.17) is 4.55 Å². The summed E-state index contributed by atoms with van der Waals surface area (Å²) < 4.78 is 31.2. The molecule has 0 spiro atoms. The molecule has 1 aliphatic heterocycles. The van der Waals surface area contributed by atoms with E-state index >= 15 is 0 Å². The Morgan fingerprint density at radius 2 is 2.12 bits per heavy atom. The summed E-state index contributed by atoms with van der Waals surface area (Å²) in [7, 11) is -4.09. The molecule has 3 nitrogen and oxygen atoms in total. The summed E-state index contributed by atoms with van der Waals surface area (Å²) in [6, 6.07) is 4.86. The fraction of sp³-hybridized carbons (Fsp3) is 0.333. The van der Waals surface area contributed by atoms with Crippen molar-refractivity contribution in [2.24, 2.45) is 5.92 Å². The van der Waals surface area contributed by atoms with Crippen LogP contribution in [-0.2, 0) is 16.5 Å². The number of hydrogen-bond acceptors (Lipinski definition) is 3. The Kier molecular flexibility index (Phi) is 2.40. The lowest BCUT2D eigenvalue weighted by Gasteiger charge is -2.08. The second-order valence-corrected chi connectivity index (χ2v) is 7.21. The molecule has 1 aromatic rings. The third-order valence-electron chi connectivity index (χ3n) is 3.31. The molecule has 1 atom stereocenters. The van der Waals surface area contributed by atoms with Gasteiger partial charge >= 0.3 is 0 Å². The van der Waals surface area contributed by atoms with Crippen molar-refractivity contribution in [3.05, 3.63) is 34.2 Å². The number of fused-ring (bicyclic) bond motifs is 2. The van der Waals surface area contributed by atoms with Crippen LogP contribution in [0.2, 0.25) is 0 Å². The Labute approximate surface area is 105 Å². The lowest BCUT2D eigenvalue weighted by atomic mass is 10.1. The zero-order valence-corrected chi connectivity index (χ0v) is 10.9. The fourth-order valence-corrected chi connectivity index (χ4v) is 3.96. The van der Waals surface area contributed by atoms with Crippen LogP contribution in [0.3, 0.4) is 0 Å². The van der Waals surface area contributed by atoms with Crippen LogP contribution in [0.15, 0.2) is 38.5 Å². The first kappa shape index (κ1) is 11.3. The number of hydrogen-bond donors (Lipinski definition) is 1. The standard InChI is InChI=1S/C12H12O3S2/c1-7-11-6-8(11)4-9-5-10(17(13,14)15)2-3-12(9)16-7/h2-3,5,8H,4,6H2,1H3,(H,13,14,15). The van der Waals surface area contributed by atoms with E-state index in [1.807, 2.05) is 0 Å². The Morgan fingerprint density at radius 1 is 1.35 bits per heavy atom. The van der Waals surface area contributed by atoms with Crippen molar-refractivity contribution >= 4 is 21.9 Å². The summed E-state index contributed by atoms with van der Waals surface area (Å²) in [4.78, 5) is 2.45. The average molecular weight is 268 g/mol. The number of rotatable bonds is 1. The van der Waals surface area contributed by atoms with Gasteiger partial charge in [0.1, 0.15) is 0 Å². The zero-order chi connectivity index (χ0) is 12.2. The summed E-state index contributed by atoms with van der Waals surface area (Å²) in [5.41, 5.74) is 2.53. The van der Waals surface area contributed by atoms with E-state index in [9.17, 15) is 8.42 Å². The molecule has 0 bridgehead atoms. The molecular weight excluding hydrogens is 256 g/mol. The van der Waals surface area contributed by atoms with Gasteiger partial charge in [0.25, 0.3) is 10.1 Å². The summed E-state index contributed by atoms with van der Waals surface area (Å²) in [6.07, 6.45) is 2.02. The third kappa shape index (κ3) is 2.03. The van der Waals surface area contributed by atoms with Crippen molar-refractivity contribution in [1.29, 1.82) is 0 Å². The molecule has 1 heterocycles. The highest BCUT2D eigenvalue weighted by Gasteiger charge is 2.35. The predicted octanol–water partition coefficient (Wildman–Crippen LogP) is 2.88. The van der Waals surface area contributed by atoms with E-state index < -0.39 is 10.1 Å². The van der Waals surface area contributed by atoms with Gasteiger partial charge in [-0.05, 0) is 54.4 Å². The Balaban J connectivity index is 2.07. The van der Waals surface area contributed by atoms with Gasteiger partial charge in [0.15, 0.2) is 0 Å². The van der Waals surface area contributed by atoms with Crippen LogP contribution in [-0.4, -0.2) is 13.0 Å². The van der Waals surface area contributed by atoms with Gasteiger partial charge < -0.3 is 0 Å². The molecular formula is C12H12O3S2. The average Bonchev–Trinajstić information content (AvgIpc) is 2.97. The Morgan fingerprint density at radius 3 is 2.82 bits per heavy atom. The minimum Gasteiger partial charge on any atom is -0.282 e. The smallest absolute Gasteiger partial charge is 0.282 e. The molecule has 1 aliphatic carbocycles. The summed E-state index contributed by atoms with van der Waals surface area (Å²) in [5.74, 6) is 0.584. The molecule has 3 rings (SSSR count). The van der Waals surface area contributed by atoms with Crippen molar-refractivity contribution in [3.63, 3.8) is 0 Å². The first-order valence-corrected chi connectivity index (χ1v) is 7.69. The van der Waals surface area contributed by atoms with E-state index in [-0.39, 0.29) is 4.90 Å². The summed E-state index contributed by atoms with van der Waals surface area (Å²) in [5, 5.41) is 0. The Bertz CT molecular complexity index is 629.